The van der Waals surface area contributed by atoms with Gasteiger partial charge in [0.05, 0.1) is 20.1 Å². The molecule has 0 fully saturated rings. The molecule has 0 heterocycles. The maximum Gasteiger partial charge on any atom is 0.224 e. The molecule has 0 aromatic heterocycles. The van der Waals surface area contributed by atoms with Gasteiger partial charge in [0.1, 0.15) is 5.75 Å². The van der Waals surface area contributed by atoms with Crippen LogP contribution in [0.4, 0.5) is 0 Å². The van der Waals surface area contributed by atoms with E-state index >= 15 is 0 Å². The highest BCUT2D eigenvalue weighted by atomic mass is 16.5. The summed E-state index contributed by atoms with van der Waals surface area (Å²) < 4.78 is 5.26. The Hall–Kier alpha value is -1.55. The van der Waals surface area contributed by atoms with Gasteiger partial charge in [-0.2, -0.15) is 0 Å². The Labute approximate surface area is 108 Å². The molecule has 0 bridgehead atoms. The van der Waals surface area contributed by atoms with Crippen molar-refractivity contribution in [1.29, 1.82) is 0 Å². The average molecular weight is 251 g/mol. The molecule has 0 unspecified atom stereocenters. The Balaban J connectivity index is 2.84. The number of nitrogens with one attached hydrogen (secondary N) is 1. The lowest BCUT2D eigenvalue weighted by Gasteiger charge is -2.12. The van der Waals surface area contributed by atoms with E-state index in [9.17, 15) is 4.79 Å². The van der Waals surface area contributed by atoms with Crippen molar-refractivity contribution in [3.8, 4) is 5.75 Å². The van der Waals surface area contributed by atoms with Crippen molar-refractivity contribution in [2.45, 2.75) is 26.2 Å². The van der Waals surface area contributed by atoms with Gasteiger partial charge in [0, 0.05) is 12.1 Å². The molecule has 4 heteroatoms. The number of hydrogen-bond acceptors (Lipinski definition) is 3. The Morgan fingerprint density at radius 2 is 2.17 bits per heavy atom. The number of rotatable bonds is 6. The minimum atomic E-state index is -0.108. The van der Waals surface area contributed by atoms with E-state index in [0.29, 0.717) is 5.92 Å². The summed E-state index contributed by atoms with van der Waals surface area (Å²) in [4.78, 5) is 11.6. The van der Waals surface area contributed by atoms with E-state index in [4.69, 9.17) is 9.84 Å². The van der Waals surface area contributed by atoms with E-state index in [1.54, 1.807) is 7.11 Å². The van der Waals surface area contributed by atoms with Crippen LogP contribution in [0.1, 0.15) is 30.9 Å². The molecule has 0 aliphatic heterocycles. The van der Waals surface area contributed by atoms with Crippen LogP contribution in [0.25, 0.3) is 0 Å². The molecule has 18 heavy (non-hydrogen) atoms. The number of aliphatic hydroxyl groups excluding tert-OH is 1. The van der Waals surface area contributed by atoms with E-state index in [1.807, 2.05) is 18.2 Å². The van der Waals surface area contributed by atoms with Crippen molar-refractivity contribution >= 4 is 5.91 Å². The molecule has 0 radical (unpaired) electrons. The molecule has 0 aliphatic carbocycles. The van der Waals surface area contributed by atoms with Crippen molar-refractivity contribution < 1.29 is 14.6 Å². The van der Waals surface area contributed by atoms with Crippen LogP contribution in [0.2, 0.25) is 0 Å². The molecule has 2 N–H and O–H groups in total. The lowest BCUT2D eigenvalue weighted by Crippen LogP contribution is -2.28. The monoisotopic (exact) mass is 251 g/mol. The lowest BCUT2D eigenvalue weighted by atomic mass is 9.99. The highest BCUT2D eigenvalue weighted by Crippen LogP contribution is 2.24. The molecule has 0 saturated heterocycles. The third-order valence-corrected chi connectivity index (χ3v) is 2.76. The first kappa shape index (κ1) is 14.5. The fourth-order valence-electron chi connectivity index (χ4n) is 1.73. The molecule has 100 valence electrons. The van der Waals surface area contributed by atoms with Crippen LogP contribution in [-0.4, -0.2) is 31.3 Å². The van der Waals surface area contributed by atoms with Crippen molar-refractivity contribution in [3.63, 3.8) is 0 Å². The largest absolute Gasteiger partial charge is 0.496 e. The van der Waals surface area contributed by atoms with Gasteiger partial charge < -0.3 is 15.2 Å². The predicted molar refractivity (Wildman–Crippen MR) is 70.9 cm³/mol. The Morgan fingerprint density at radius 3 is 2.72 bits per heavy atom. The van der Waals surface area contributed by atoms with Crippen molar-refractivity contribution in [1.82, 2.24) is 5.32 Å². The van der Waals surface area contributed by atoms with Crippen molar-refractivity contribution in [2.75, 3.05) is 20.3 Å². The zero-order chi connectivity index (χ0) is 13.5. The van der Waals surface area contributed by atoms with Crippen LogP contribution >= 0.6 is 0 Å². The van der Waals surface area contributed by atoms with Gasteiger partial charge in [-0.15, -0.1) is 0 Å². The van der Waals surface area contributed by atoms with E-state index in [2.05, 4.69) is 19.2 Å². The summed E-state index contributed by atoms with van der Waals surface area (Å²) in [6, 6.07) is 5.91. The zero-order valence-electron chi connectivity index (χ0n) is 11.2. The molecule has 0 spiro atoms. The molecule has 1 rings (SSSR count). The third-order valence-electron chi connectivity index (χ3n) is 2.76. The number of amides is 1. The van der Waals surface area contributed by atoms with Crippen LogP contribution in [0.5, 0.6) is 5.75 Å². The van der Waals surface area contributed by atoms with Gasteiger partial charge in [0.25, 0.3) is 0 Å². The highest BCUT2D eigenvalue weighted by molar-refractivity contribution is 5.79. The fourth-order valence-corrected chi connectivity index (χ4v) is 1.73. The van der Waals surface area contributed by atoms with E-state index in [0.717, 1.165) is 11.3 Å². The number of methoxy groups -OCH3 is 1. The topological polar surface area (TPSA) is 58.6 Å². The van der Waals surface area contributed by atoms with Crippen LogP contribution in [0, 0.1) is 0 Å². The summed E-state index contributed by atoms with van der Waals surface area (Å²) in [7, 11) is 1.60. The second-order valence-corrected chi connectivity index (χ2v) is 4.48. The molecule has 0 saturated carbocycles. The molecular formula is C14H21NO3. The summed E-state index contributed by atoms with van der Waals surface area (Å²) >= 11 is 0. The molecule has 1 aromatic carbocycles. The number of hydrogen-bond donors (Lipinski definition) is 2. The van der Waals surface area contributed by atoms with Gasteiger partial charge in [-0.1, -0.05) is 26.0 Å². The molecule has 0 atom stereocenters. The van der Waals surface area contributed by atoms with Crippen LogP contribution in [0.3, 0.4) is 0 Å². The second kappa shape index (κ2) is 7.01. The van der Waals surface area contributed by atoms with Crippen molar-refractivity contribution in [3.05, 3.63) is 29.3 Å². The summed E-state index contributed by atoms with van der Waals surface area (Å²) in [5, 5.41) is 11.3. The maximum absolute atomic E-state index is 11.6. The highest BCUT2D eigenvalue weighted by Gasteiger charge is 2.10. The van der Waals surface area contributed by atoms with E-state index in [-0.39, 0.29) is 25.5 Å². The number of benzene rings is 1. The first-order valence-electron chi connectivity index (χ1n) is 6.12. The lowest BCUT2D eigenvalue weighted by molar-refractivity contribution is -0.120. The van der Waals surface area contributed by atoms with E-state index in [1.165, 1.54) is 5.56 Å². The molecule has 4 nitrogen and oxygen atoms in total. The van der Waals surface area contributed by atoms with Gasteiger partial charge in [-0.25, -0.2) is 0 Å². The molecule has 1 aromatic rings. The summed E-state index contributed by atoms with van der Waals surface area (Å²) in [5.41, 5.74) is 2.06. The molecule has 0 aliphatic rings. The Bertz CT molecular complexity index is 402. The maximum atomic E-state index is 11.6. The van der Waals surface area contributed by atoms with Gasteiger partial charge in [-0.05, 0) is 17.5 Å². The van der Waals surface area contributed by atoms with Crippen LogP contribution < -0.4 is 10.1 Å². The number of carbonyl (C=O) groups is 1. The minimum absolute atomic E-state index is 0.0467. The summed E-state index contributed by atoms with van der Waals surface area (Å²) in [6.45, 7) is 4.45. The zero-order valence-corrected chi connectivity index (χ0v) is 11.2. The Morgan fingerprint density at radius 1 is 1.44 bits per heavy atom. The first-order chi connectivity index (χ1) is 8.58. The van der Waals surface area contributed by atoms with Crippen LogP contribution in [0.15, 0.2) is 18.2 Å². The van der Waals surface area contributed by atoms with Gasteiger partial charge in [0.15, 0.2) is 0 Å². The van der Waals surface area contributed by atoms with Crippen LogP contribution in [-0.2, 0) is 11.2 Å². The average Bonchev–Trinajstić information content (AvgIpc) is 2.36. The third kappa shape index (κ3) is 4.04. The molecular weight excluding hydrogens is 230 g/mol. The number of ether oxygens (including phenoxy) is 1. The molecule has 1 amide bonds. The summed E-state index contributed by atoms with van der Waals surface area (Å²) in [5.74, 6) is 1.02. The van der Waals surface area contributed by atoms with Gasteiger partial charge in [-0.3, -0.25) is 4.79 Å². The SMILES string of the molecule is COc1ccc(C(C)C)cc1CC(=O)NCCO. The quantitative estimate of drug-likeness (QED) is 0.805. The number of carbonyl (C=O) groups excluding carboxylic acids is 1. The predicted octanol–water partition coefficient (Wildman–Crippen LogP) is 1.47. The van der Waals surface area contributed by atoms with Crippen molar-refractivity contribution in [2.24, 2.45) is 0 Å². The Kier molecular flexibility index (Phi) is 5.65. The minimum Gasteiger partial charge on any atom is -0.496 e. The fraction of sp³-hybridized carbons (Fsp3) is 0.500. The number of aliphatic hydroxyl groups is 1. The smallest absolute Gasteiger partial charge is 0.224 e. The second-order valence-electron chi connectivity index (χ2n) is 4.48. The normalized spacial score (nSPS) is 10.5. The summed E-state index contributed by atoms with van der Waals surface area (Å²) in [6.07, 6.45) is 0.268. The van der Waals surface area contributed by atoms with Gasteiger partial charge >= 0.3 is 0 Å². The first-order valence-corrected chi connectivity index (χ1v) is 6.12. The van der Waals surface area contributed by atoms with Gasteiger partial charge in [0.2, 0.25) is 5.91 Å². The standard InChI is InChI=1S/C14H21NO3/c1-10(2)11-4-5-13(18-3)12(8-11)9-14(17)15-6-7-16/h4-5,8,10,16H,6-7,9H2,1-3H3,(H,15,17). The van der Waals surface area contributed by atoms with E-state index < -0.39 is 0 Å².